The van der Waals surface area contributed by atoms with Crippen LogP contribution in [0.1, 0.15) is 11.1 Å². The highest BCUT2D eigenvalue weighted by Gasteiger charge is 2.19. The fourth-order valence-corrected chi connectivity index (χ4v) is 5.27. The Kier molecular flexibility index (Phi) is 9.92. The normalized spacial score (nSPS) is 11.3. The zero-order valence-corrected chi connectivity index (χ0v) is 26.3. The van der Waals surface area contributed by atoms with Crippen molar-refractivity contribution < 1.29 is 14.3 Å². The number of ketones is 1. The van der Waals surface area contributed by atoms with Crippen molar-refractivity contribution in [3.05, 3.63) is 118 Å². The topological polar surface area (TPSA) is 98.6 Å². The monoisotopic (exact) mass is 623 g/mol. The summed E-state index contributed by atoms with van der Waals surface area (Å²) >= 11 is 6.75. The smallest absolute Gasteiger partial charge is 0.259 e. The quantitative estimate of drug-likeness (QED) is 0.165. The number of ether oxygens (including phenoxy) is 2. The second-order valence-electron chi connectivity index (χ2n) is 10.8. The van der Waals surface area contributed by atoms with Gasteiger partial charge in [0.15, 0.2) is 5.78 Å². The molecular formula is C35H34ClN5O4. The Morgan fingerprint density at radius 2 is 1.78 bits per heavy atom. The molecule has 0 spiro atoms. The number of benzene rings is 2. The van der Waals surface area contributed by atoms with Gasteiger partial charge in [0.25, 0.3) is 5.56 Å². The molecule has 5 aromatic rings. The summed E-state index contributed by atoms with van der Waals surface area (Å²) in [5, 5.41) is 4.31. The molecule has 0 aliphatic carbocycles. The summed E-state index contributed by atoms with van der Waals surface area (Å²) in [4.78, 5) is 37.6. The van der Waals surface area contributed by atoms with E-state index in [0.29, 0.717) is 45.5 Å². The van der Waals surface area contributed by atoms with Gasteiger partial charge >= 0.3 is 0 Å². The van der Waals surface area contributed by atoms with Crippen molar-refractivity contribution in [1.29, 1.82) is 0 Å². The van der Waals surface area contributed by atoms with E-state index in [4.69, 9.17) is 21.1 Å². The maximum Gasteiger partial charge on any atom is 0.259 e. The molecular weight excluding hydrogens is 590 g/mol. The molecule has 0 aliphatic rings. The van der Waals surface area contributed by atoms with Gasteiger partial charge in [-0.2, -0.15) is 0 Å². The van der Waals surface area contributed by atoms with Gasteiger partial charge in [0.2, 0.25) is 0 Å². The summed E-state index contributed by atoms with van der Waals surface area (Å²) in [6.45, 7) is 0.938. The molecule has 0 bridgehead atoms. The van der Waals surface area contributed by atoms with Crippen LogP contribution >= 0.6 is 11.6 Å². The molecule has 0 unspecified atom stereocenters. The average molecular weight is 624 g/mol. The number of rotatable bonds is 12. The number of likely N-dealkylation sites (N-methyl/N-ethyl adjacent to an activating group) is 1. The molecule has 3 heterocycles. The number of fused-ring (bicyclic) bond motifs is 1. The van der Waals surface area contributed by atoms with E-state index < -0.39 is 0 Å². The first kappa shape index (κ1) is 31.4. The van der Waals surface area contributed by atoms with Crippen LogP contribution in [-0.2, 0) is 17.8 Å². The number of pyridine rings is 3. The van der Waals surface area contributed by atoms with Crippen LogP contribution in [0, 0.1) is 0 Å². The molecule has 1 N–H and O–H groups in total. The molecule has 2 aromatic carbocycles. The lowest BCUT2D eigenvalue weighted by molar-refractivity contribution is -0.114. The van der Waals surface area contributed by atoms with Crippen molar-refractivity contribution in [3.8, 4) is 22.6 Å². The first-order chi connectivity index (χ1) is 21.7. The molecule has 0 amide bonds. The summed E-state index contributed by atoms with van der Waals surface area (Å²) in [6, 6.07) is 18.4. The van der Waals surface area contributed by atoms with Crippen LogP contribution in [-0.4, -0.2) is 60.1 Å². The standard InChI is InChI=1S/C35H34ClN5O4/c1-40(2)14-6-9-27(42)16-23-7-5-8-24(15-23)22-41-31-20-33(39-26-10-12-37-13-11-26)38-21-25(31)17-30(35(41)43)29-18-28(44-3)19-32(45-4)34(29)36/h5-13,15,17-21H,14,16,22H2,1-4H3,(H,37,38,39)/b9-6+. The predicted molar refractivity (Wildman–Crippen MR) is 179 cm³/mol. The number of methoxy groups -OCH3 is 2. The highest BCUT2D eigenvalue weighted by molar-refractivity contribution is 6.35. The van der Waals surface area contributed by atoms with Crippen LogP contribution in [0.2, 0.25) is 5.02 Å². The van der Waals surface area contributed by atoms with Crippen molar-refractivity contribution in [3.63, 3.8) is 0 Å². The Hall–Kier alpha value is -4.99. The second-order valence-corrected chi connectivity index (χ2v) is 11.1. The van der Waals surface area contributed by atoms with Gasteiger partial charge in [-0.25, -0.2) is 4.98 Å². The molecule has 5 rings (SSSR count). The van der Waals surface area contributed by atoms with Crippen LogP contribution < -0.4 is 20.3 Å². The van der Waals surface area contributed by atoms with Gasteiger partial charge in [-0.05, 0) is 55.6 Å². The van der Waals surface area contributed by atoms with E-state index in [1.54, 1.807) is 54.5 Å². The van der Waals surface area contributed by atoms with Crippen LogP contribution in [0.5, 0.6) is 11.5 Å². The molecule has 9 nitrogen and oxygen atoms in total. The van der Waals surface area contributed by atoms with Gasteiger partial charge in [0.05, 0.1) is 31.3 Å². The maximum absolute atomic E-state index is 14.4. The Bertz CT molecular complexity index is 1920. The number of aromatic nitrogens is 3. The number of carbonyl (C=O) groups is 1. The van der Waals surface area contributed by atoms with E-state index in [2.05, 4.69) is 15.3 Å². The van der Waals surface area contributed by atoms with Gasteiger partial charge in [-0.3, -0.25) is 14.6 Å². The van der Waals surface area contributed by atoms with Crippen LogP contribution in [0.4, 0.5) is 11.5 Å². The van der Waals surface area contributed by atoms with Gasteiger partial charge in [0, 0.05) is 65.9 Å². The Morgan fingerprint density at radius 3 is 2.51 bits per heavy atom. The van der Waals surface area contributed by atoms with E-state index in [1.807, 2.05) is 67.5 Å². The minimum atomic E-state index is -0.256. The summed E-state index contributed by atoms with van der Waals surface area (Å²) in [5.41, 5.74) is 3.82. The third kappa shape index (κ3) is 7.57. The fourth-order valence-electron chi connectivity index (χ4n) is 4.98. The number of carbonyl (C=O) groups excluding carboxylic acids is 1. The highest BCUT2D eigenvalue weighted by Crippen LogP contribution is 2.39. The fraction of sp³-hybridized carbons (Fsp3) is 0.200. The van der Waals surface area contributed by atoms with Crippen molar-refractivity contribution in [2.75, 3.05) is 40.2 Å². The predicted octanol–water partition coefficient (Wildman–Crippen LogP) is 6.15. The van der Waals surface area contributed by atoms with Gasteiger partial charge in [0.1, 0.15) is 17.3 Å². The third-order valence-corrected chi connectivity index (χ3v) is 7.56. The number of anilines is 2. The first-order valence-corrected chi connectivity index (χ1v) is 14.7. The van der Waals surface area contributed by atoms with E-state index in [1.165, 1.54) is 7.11 Å². The lowest BCUT2D eigenvalue weighted by atomic mass is 10.0. The summed E-state index contributed by atoms with van der Waals surface area (Å²) in [7, 11) is 6.96. The third-order valence-electron chi connectivity index (χ3n) is 7.17. The van der Waals surface area contributed by atoms with Crippen molar-refractivity contribution in [2.24, 2.45) is 0 Å². The molecule has 0 atom stereocenters. The molecule has 0 radical (unpaired) electrons. The number of nitrogens with zero attached hydrogens (tertiary/aromatic N) is 4. The van der Waals surface area contributed by atoms with Crippen LogP contribution in [0.25, 0.3) is 22.0 Å². The number of hydrogen-bond acceptors (Lipinski definition) is 8. The van der Waals surface area contributed by atoms with Gasteiger partial charge in [-0.15, -0.1) is 0 Å². The van der Waals surface area contributed by atoms with E-state index in [0.717, 1.165) is 22.2 Å². The second kappa shape index (κ2) is 14.2. The van der Waals surface area contributed by atoms with E-state index >= 15 is 0 Å². The highest BCUT2D eigenvalue weighted by atomic mass is 35.5. The number of allylic oxidation sites excluding steroid dienone is 1. The SMILES string of the molecule is COc1cc(OC)c(Cl)c(-c2cc3cnc(Nc4ccncc4)cc3n(Cc3cccc(CC(=O)/C=C/CN(C)C)c3)c2=O)c1. The average Bonchev–Trinajstić information content (AvgIpc) is 3.03. The molecule has 10 heteroatoms. The molecule has 3 aromatic heterocycles. The van der Waals surface area contributed by atoms with Crippen LogP contribution in [0.15, 0.2) is 96.2 Å². The number of halogens is 1. The summed E-state index contributed by atoms with van der Waals surface area (Å²) < 4.78 is 12.6. The lowest BCUT2D eigenvalue weighted by Gasteiger charge is -2.17. The molecule has 0 saturated carbocycles. The summed E-state index contributed by atoms with van der Waals surface area (Å²) in [5.74, 6) is 1.48. The first-order valence-electron chi connectivity index (χ1n) is 14.3. The lowest BCUT2D eigenvalue weighted by Crippen LogP contribution is -2.23. The van der Waals surface area contributed by atoms with Crippen molar-refractivity contribution >= 4 is 39.8 Å². The molecule has 0 aliphatic heterocycles. The van der Waals surface area contributed by atoms with Crippen LogP contribution in [0.3, 0.4) is 0 Å². The van der Waals surface area contributed by atoms with Gasteiger partial charge in [-0.1, -0.05) is 41.9 Å². The Balaban J connectivity index is 1.60. The molecule has 0 fully saturated rings. The van der Waals surface area contributed by atoms with Gasteiger partial charge < -0.3 is 24.3 Å². The Labute approximate surface area is 266 Å². The molecule has 0 saturated heterocycles. The summed E-state index contributed by atoms with van der Waals surface area (Å²) in [6.07, 6.45) is 8.83. The molecule has 45 heavy (non-hydrogen) atoms. The number of nitrogens with one attached hydrogen (secondary N) is 1. The van der Waals surface area contributed by atoms with E-state index in [9.17, 15) is 9.59 Å². The zero-order chi connectivity index (χ0) is 31.9. The molecule has 230 valence electrons. The largest absolute Gasteiger partial charge is 0.497 e. The zero-order valence-electron chi connectivity index (χ0n) is 25.6. The van der Waals surface area contributed by atoms with E-state index in [-0.39, 0.29) is 24.3 Å². The number of hydrogen-bond donors (Lipinski definition) is 1. The van der Waals surface area contributed by atoms with Crippen molar-refractivity contribution in [1.82, 2.24) is 19.4 Å². The minimum Gasteiger partial charge on any atom is -0.497 e. The maximum atomic E-state index is 14.4. The van der Waals surface area contributed by atoms with Crippen molar-refractivity contribution in [2.45, 2.75) is 13.0 Å². The minimum absolute atomic E-state index is 0.0122. The Morgan fingerprint density at radius 1 is 1.00 bits per heavy atom.